The lowest BCUT2D eigenvalue weighted by Gasteiger charge is -2.60. The molecule has 1 amide bonds. The second-order valence-electron chi connectivity index (χ2n) is 8.82. The summed E-state index contributed by atoms with van der Waals surface area (Å²) in [6.45, 7) is 2.95. The number of rotatable bonds is 3. The minimum absolute atomic E-state index is 0.127. The van der Waals surface area contributed by atoms with Crippen molar-refractivity contribution in [2.75, 3.05) is 19.6 Å². The van der Waals surface area contributed by atoms with Gasteiger partial charge in [0.15, 0.2) is 0 Å². The number of benzene rings is 1. The fourth-order valence-corrected chi connectivity index (χ4v) is 5.88. The number of carbonyl (C=O) groups excluding carboxylic acids is 1. The summed E-state index contributed by atoms with van der Waals surface area (Å²) >= 11 is 0. The summed E-state index contributed by atoms with van der Waals surface area (Å²) in [5, 5.41) is 0. The highest BCUT2D eigenvalue weighted by molar-refractivity contribution is 5.93. The third-order valence-electron chi connectivity index (χ3n) is 7.25. The van der Waals surface area contributed by atoms with Gasteiger partial charge in [0.25, 0.3) is 5.91 Å². The molecule has 1 aromatic heterocycles. The van der Waals surface area contributed by atoms with E-state index in [1.807, 2.05) is 17.0 Å². The van der Waals surface area contributed by atoms with Crippen molar-refractivity contribution in [2.24, 2.45) is 5.41 Å². The van der Waals surface area contributed by atoms with E-state index in [0.717, 1.165) is 25.9 Å². The Morgan fingerprint density at radius 1 is 1.00 bits per heavy atom. The van der Waals surface area contributed by atoms with E-state index >= 15 is 0 Å². The maximum atomic E-state index is 12.7. The van der Waals surface area contributed by atoms with Crippen LogP contribution >= 0.6 is 0 Å². The number of amides is 1. The van der Waals surface area contributed by atoms with Crippen molar-refractivity contribution < 1.29 is 4.79 Å². The third-order valence-corrected chi connectivity index (χ3v) is 7.25. The van der Waals surface area contributed by atoms with Crippen molar-refractivity contribution >= 4 is 5.91 Å². The minimum Gasteiger partial charge on any atom is -0.338 e. The number of nitrogens with zero attached hydrogens (tertiary/aromatic N) is 3. The van der Waals surface area contributed by atoms with Gasteiger partial charge >= 0.3 is 0 Å². The van der Waals surface area contributed by atoms with E-state index in [-0.39, 0.29) is 5.91 Å². The van der Waals surface area contributed by atoms with E-state index < -0.39 is 0 Å². The number of piperidine rings is 1. The first kappa shape index (κ1) is 17.9. The topological polar surface area (TPSA) is 36.4 Å². The highest BCUT2D eigenvalue weighted by Gasteiger charge is 2.55. The zero-order chi connectivity index (χ0) is 19.0. The summed E-state index contributed by atoms with van der Waals surface area (Å²) in [5.41, 5.74) is 2.70. The van der Waals surface area contributed by atoms with E-state index in [4.69, 9.17) is 0 Å². The van der Waals surface area contributed by atoms with E-state index in [1.54, 1.807) is 12.4 Å². The Labute approximate surface area is 167 Å². The van der Waals surface area contributed by atoms with Crippen LogP contribution in [0.4, 0.5) is 0 Å². The molecule has 0 N–H and O–H groups in total. The number of hydrogen-bond donors (Lipinski definition) is 0. The van der Waals surface area contributed by atoms with Crippen molar-refractivity contribution in [1.29, 1.82) is 0 Å². The van der Waals surface area contributed by atoms with Gasteiger partial charge in [-0.1, -0.05) is 43.2 Å². The summed E-state index contributed by atoms with van der Waals surface area (Å²) in [6, 6.07) is 16.0. The smallest absolute Gasteiger partial charge is 0.255 e. The Morgan fingerprint density at radius 2 is 1.75 bits per heavy atom. The van der Waals surface area contributed by atoms with Gasteiger partial charge in [-0.05, 0) is 43.4 Å². The normalized spacial score (nSPS) is 25.0. The van der Waals surface area contributed by atoms with Crippen molar-refractivity contribution in [2.45, 2.75) is 50.6 Å². The highest BCUT2D eigenvalue weighted by atomic mass is 16.2. The average molecular weight is 376 g/mol. The number of likely N-dealkylation sites (tertiary alicyclic amines) is 2. The Bertz CT molecular complexity index is 808. The molecular weight excluding hydrogens is 346 g/mol. The fourth-order valence-electron chi connectivity index (χ4n) is 5.88. The van der Waals surface area contributed by atoms with Crippen molar-refractivity contribution in [1.82, 2.24) is 14.8 Å². The van der Waals surface area contributed by atoms with Crippen LogP contribution in [0, 0.1) is 5.41 Å². The molecule has 4 nitrogen and oxygen atoms in total. The van der Waals surface area contributed by atoms with Crippen molar-refractivity contribution in [3.8, 4) is 0 Å². The quantitative estimate of drug-likeness (QED) is 0.802. The second-order valence-corrected chi connectivity index (χ2v) is 8.82. The fraction of sp³-hybridized carbons (Fsp3) is 0.500. The van der Waals surface area contributed by atoms with Crippen molar-refractivity contribution in [3.05, 3.63) is 66.0 Å². The minimum atomic E-state index is 0.127. The zero-order valence-corrected chi connectivity index (χ0v) is 16.5. The number of hydrogen-bond acceptors (Lipinski definition) is 3. The number of aromatic nitrogens is 1. The van der Waals surface area contributed by atoms with Crippen molar-refractivity contribution in [3.63, 3.8) is 0 Å². The Kier molecular flexibility index (Phi) is 4.67. The molecule has 2 aliphatic heterocycles. The molecule has 1 aliphatic carbocycles. The Hall–Kier alpha value is -2.20. The van der Waals surface area contributed by atoms with Gasteiger partial charge in [0.1, 0.15) is 0 Å². The molecule has 28 heavy (non-hydrogen) atoms. The molecule has 4 heteroatoms. The summed E-state index contributed by atoms with van der Waals surface area (Å²) < 4.78 is 0. The van der Waals surface area contributed by atoms with E-state index in [2.05, 4.69) is 40.2 Å². The van der Waals surface area contributed by atoms with Crippen LogP contribution < -0.4 is 0 Å². The predicted molar refractivity (Wildman–Crippen MR) is 110 cm³/mol. The van der Waals surface area contributed by atoms with Gasteiger partial charge in [-0.15, -0.1) is 0 Å². The van der Waals surface area contributed by atoms with Crippen LogP contribution in [-0.4, -0.2) is 46.4 Å². The molecule has 0 radical (unpaired) electrons. The molecule has 3 heterocycles. The summed E-state index contributed by atoms with van der Waals surface area (Å²) in [5.74, 6) is 0.127. The van der Waals surface area contributed by atoms with Gasteiger partial charge in [-0.3, -0.25) is 14.7 Å². The number of pyridine rings is 1. The standard InChI is InChI=1S/C24H29N3O/c28-23(20-9-6-14-25-17-20)26-15-10-21(11-16-26)27-18-24(12-4-5-13-24)22(27)19-7-2-1-3-8-19/h1-3,6-9,14,17,21-22H,4-5,10-13,15-16,18H2. The van der Waals surface area contributed by atoms with E-state index in [0.29, 0.717) is 23.1 Å². The SMILES string of the molecule is O=C(c1cccnc1)N1CCC(N2CC3(CCCC3)C2c2ccccc2)CC1. The van der Waals surface area contributed by atoms with Crippen LogP contribution in [0.2, 0.25) is 0 Å². The summed E-state index contributed by atoms with van der Waals surface area (Å²) in [7, 11) is 0. The molecule has 2 aromatic rings. The summed E-state index contributed by atoms with van der Waals surface area (Å²) in [6.07, 6.45) is 11.1. The van der Waals surface area contributed by atoms with Crippen LogP contribution in [0.15, 0.2) is 54.9 Å². The Morgan fingerprint density at radius 3 is 2.43 bits per heavy atom. The molecule has 0 bridgehead atoms. The van der Waals surface area contributed by atoms with Gasteiger partial charge in [0.2, 0.25) is 0 Å². The molecule has 1 aromatic carbocycles. The lowest BCUT2D eigenvalue weighted by atomic mass is 9.66. The lowest BCUT2D eigenvalue weighted by molar-refractivity contribution is -0.111. The zero-order valence-electron chi connectivity index (χ0n) is 16.5. The predicted octanol–water partition coefficient (Wildman–Crippen LogP) is 4.30. The van der Waals surface area contributed by atoms with Crippen LogP contribution in [-0.2, 0) is 0 Å². The van der Waals surface area contributed by atoms with Gasteiger partial charge in [0, 0.05) is 49.5 Å². The van der Waals surface area contributed by atoms with Gasteiger partial charge in [-0.25, -0.2) is 0 Å². The maximum absolute atomic E-state index is 12.7. The molecule has 3 fully saturated rings. The van der Waals surface area contributed by atoms with Crippen LogP contribution in [0.25, 0.3) is 0 Å². The first-order chi connectivity index (χ1) is 13.8. The van der Waals surface area contributed by atoms with Crippen LogP contribution in [0.3, 0.4) is 0 Å². The van der Waals surface area contributed by atoms with E-state index in [9.17, 15) is 4.79 Å². The molecule has 3 aliphatic rings. The molecule has 146 valence electrons. The monoisotopic (exact) mass is 375 g/mol. The summed E-state index contributed by atoms with van der Waals surface area (Å²) in [4.78, 5) is 21.6. The Balaban J connectivity index is 1.28. The molecule has 1 unspecified atom stereocenters. The van der Waals surface area contributed by atoms with Crippen LogP contribution in [0.5, 0.6) is 0 Å². The first-order valence-electron chi connectivity index (χ1n) is 10.8. The second kappa shape index (κ2) is 7.32. The van der Waals surface area contributed by atoms with Crippen LogP contribution in [0.1, 0.15) is 60.5 Å². The third kappa shape index (κ3) is 3.04. The van der Waals surface area contributed by atoms with Gasteiger partial charge in [0.05, 0.1) is 5.56 Å². The molecular formula is C24H29N3O. The number of carbonyl (C=O) groups is 1. The molecule has 1 saturated carbocycles. The largest absolute Gasteiger partial charge is 0.338 e. The highest BCUT2D eigenvalue weighted by Crippen LogP contribution is 2.59. The lowest BCUT2D eigenvalue weighted by Crippen LogP contribution is -2.62. The molecule has 1 atom stereocenters. The average Bonchev–Trinajstić information content (AvgIpc) is 3.25. The molecule has 5 rings (SSSR count). The maximum Gasteiger partial charge on any atom is 0.255 e. The van der Waals surface area contributed by atoms with Gasteiger partial charge < -0.3 is 4.90 Å². The first-order valence-corrected chi connectivity index (χ1v) is 10.8. The molecule has 2 saturated heterocycles. The van der Waals surface area contributed by atoms with E-state index in [1.165, 1.54) is 37.8 Å². The molecule has 1 spiro atoms. The van der Waals surface area contributed by atoms with Gasteiger partial charge in [-0.2, -0.15) is 0 Å².